The molecule has 1 fully saturated rings. The smallest absolute Gasteiger partial charge is 0.338 e. The molecule has 0 amide bonds. The van der Waals surface area contributed by atoms with E-state index in [2.05, 4.69) is 0 Å². The highest BCUT2D eigenvalue weighted by Crippen LogP contribution is 2.31. The molecule has 1 heterocycles. The number of carbonyl (C=O) groups is 1. The highest BCUT2D eigenvalue weighted by Gasteiger charge is 2.28. The first kappa shape index (κ1) is 13.3. The largest absolute Gasteiger partial charge is 0.478 e. The van der Waals surface area contributed by atoms with Crippen molar-refractivity contribution in [3.05, 3.63) is 33.9 Å². The van der Waals surface area contributed by atoms with Crippen LogP contribution in [0.15, 0.2) is 18.2 Å². The van der Waals surface area contributed by atoms with Gasteiger partial charge in [0.25, 0.3) is 5.69 Å². The number of nitro groups is 1. The van der Waals surface area contributed by atoms with Crippen LogP contribution in [0.2, 0.25) is 0 Å². The molecule has 1 aliphatic rings. The van der Waals surface area contributed by atoms with E-state index in [9.17, 15) is 25.1 Å². The van der Waals surface area contributed by atoms with Gasteiger partial charge in [0.15, 0.2) is 0 Å². The van der Waals surface area contributed by atoms with Gasteiger partial charge in [0.05, 0.1) is 28.8 Å². The molecule has 1 unspecified atom stereocenters. The fourth-order valence-electron chi connectivity index (χ4n) is 2.40. The number of non-ortho nitro benzene ring substituents is 1. The number of rotatable bonds is 4. The fraction of sp³-hybridized carbons (Fsp3) is 0.417. The monoisotopic (exact) mass is 266 g/mol. The molecule has 7 nitrogen and oxygen atoms in total. The van der Waals surface area contributed by atoms with Crippen LogP contribution in [0.1, 0.15) is 23.2 Å². The standard InChI is InChI=1S/C12H14N2O5/c15-7-9-2-1-5-13(9)11-4-3-8(14(18)19)6-10(11)12(16)17/h3-4,6,9,15H,1-2,5,7H2,(H,16,17). The zero-order chi connectivity index (χ0) is 14.0. The Bertz CT molecular complexity index is 517. The van der Waals surface area contributed by atoms with Crippen molar-refractivity contribution in [2.24, 2.45) is 0 Å². The molecule has 0 aliphatic carbocycles. The quantitative estimate of drug-likeness (QED) is 0.628. The number of carboxylic acid groups (broad SMARTS) is 1. The van der Waals surface area contributed by atoms with Gasteiger partial charge in [0, 0.05) is 18.7 Å². The van der Waals surface area contributed by atoms with Gasteiger partial charge in [0.1, 0.15) is 0 Å². The van der Waals surface area contributed by atoms with Gasteiger partial charge in [-0.05, 0) is 18.9 Å². The number of aliphatic hydroxyl groups excluding tert-OH is 1. The summed E-state index contributed by atoms with van der Waals surface area (Å²) >= 11 is 0. The molecule has 1 saturated heterocycles. The third kappa shape index (κ3) is 2.50. The van der Waals surface area contributed by atoms with Crippen LogP contribution in [-0.4, -0.2) is 40.3 Å². The molecule has 1 aromatic carbocycles. The SMILES string of the molecule is O=C(O)c1cc([N+](=O)[O-])ccc1N1CCCC1CO. The van der Waals surface area contributed by atoms with Gasteiger partial charge in [0.2, 0.25) is 0 Å². The van der Waals surface area contributed by atoms with Crippen LogP contribution in [0.25, 0.3) is 0 Å². The number of hydrogen-bond acceptors (Lipinski definition) is 5. The number of carboxylic acids is 1. The molecule has 0 saturated carbocycles. The third-order valence-electron chi connectivity index (χ3n) is 3.32. The van der Waals surface area contributed by atoms with Gasteiger partial charge in [-0.3, -0.25) is 10.1 Å². The zero-order valence-electron chi connectivity index (χ0n) is 10.2. The van der Waals surface area contributed by atoms with Crippen LogP contribution >= 0.6 is 0 Å². The van der Waals surface area contributed by atoms with Gasteiger partial charge in [-0.15, -0.1) is 0 Å². The lowest BCUT2D eigenvalue weighted by atomic mass is 10.1. The number of anilines is 1. The van der Waals surface area contributed by atoms with Gasteiger partial charge >= 0.3 is 5.97 Å². The van der Waals surface area contributed by atoms with Gasteiger partial charge in [-0.2, -0.15) is 0 Å². The summed E-state index contributed by atoms with van der Waals surface area (Å²) in [6.45, 7) is 0.583. The molecule has 7 heteroatoms. The minimum Gasteiger partial charge on any atom is -0.478 e. The van der Waals surface area contributed by atoms with E-state index in [0.717, 1.165) is 18.9 Å². The van der Waals surface area contributed by atoms with E-state index in [1.54, 1.807) is 4.90 Å². The number of nitro benzene ring substituents is 1. The summed E-state index contributed by atoms with van der Waals surface area (Å²) in [5.74, 6) is -1.21. The highest BCUT2D eigenvalue weighted by molar-refractivity contribution is 5.95. The number of nitrogens with zero attached hydrogens (tertiary/aromatic N) is 2. The number of aliphatic hydroxyl groups is 1. The first-order valence-electron chi connectivity index (χ1n) is 5.94. The van der Waals surface area contributed by atoms with E-state index < -0.39 is 10.9 Å². The molecule has 19 heavy (non-hydrogen) atoms. The molecule has 1 atom stereocenters. The van der Waals surface area contributed by atoms with Crippen LogP contribution in [0.3, 0.4) is 0 Å². The lowest BCUT2D eigenvalue weighted by Crippen LogP contribution is -2.33. The van der Waals surface area contributed by atoms with E-state index in [0.29, 0.717) is 12.2 Å². The Balaban J connectivity index is 2.45. The second-order valence-electron chi connectivity index (χ2n) is 4.44. The van der Waals surface area contributed by atoms with Crippen molar-refractivity contribution >= 4 is 17.3 Å². The first-order valence-corrected chi connectivity index (χ1v) is 5.94. The topological polar surface area (TPSA) is 104 Å². The Morgan fingerprint density at radius 2 is 2.26 bits per heavy atom. The van der Waals surface area contributed by atoms with E-state index in [-0.39, 0.29) is 23.9 Å². The average Bonchev–Trinajstić information content (AvgIpc) is 2.85. The molecule has 1 aliphatic heterocycles. The predicted molar refractivity (Wildman–Crippen MR) is 67.5 cm³/mol. The Morgan fingerprint density at radius 1 is 1.53 bits per heavy atom. The van der Waals surface area contributed by atoms with Crippen molar-refractivity contribution in [1.82, 2.24) is 0 Å². The second kappa shape index (κ2) is 5.23. The zero-order valence-corrected chi connectivity index (χ0v) is 10.2. The number of aromatic carboxylic acids is 1. The fourth-order valence-corrected chi connectivity index (χ4v) is 2.40. The summed E-state index contributed by atoms with van der Waals surface area (Å²) in [5, 5.41) is 29.1. The van der Waals surface area contributed by atoms with Crippen molar-refractivity contribution in [2.45, 2.75) is 18.9 Å². The van der Waals surface area contributed by atoms with Crippen molar-refractivity contribution in [1.29, 1.82) is 0 Å². The van der Waals surface area contributed by atoms with E-state index in [1.807, 2.05) is 0 Å². The molecular formula is C12H14N2O5. The van der Waals surface area contributed by atoms with Crippen LogP contribution < -0.4 is 4.90 Å². The molecule has 102 valence electrons. The maximum absolute atomic E-state index is 11.2. The first-order chi connectivity index (χ1) is 9.04. The van der Waals surface area contributed by atoms with Crippen LogP contribution in [0, 0.1) is 10.1 Å². The summed E-state index contributed by atoms with van der Waals surface area (Å²) < 4.78 is 0. The minimum absolute atomic E-state index is 0.0595. The van der Waals surface area contributed by atoms with Gasteiger partial charge in [-0.25, -0.2) is 4.79 Å². The average molecular weight is 266 g/mol. The molecule has 0 aromatic heterocycles. The van der Waals surface area contributed by atoms with Crippen molar-refractivity contribution in [3.8, 4) is 0 Å². The molecule has 2 rings (SSSR count). The highest BCUT2D eigenvalue weighted by atomic mass is 16.6. The number of benzene rings is 1. The van der Waals surface area contributed by atoms with Crippen LogP contribution in [-0.2, 0) is 0 Å². The third-order valence-corrected chi connectivity index (χ3v) is 3.32. The normalized spacial score (nSPS) is 18.6. The van der Waals surface area contributed by atoms with Crippen molar-refractivity contribution < 1.29 is 19.9 Å². The summed E-state index contributed by atoms with van der Waals surface area (Å²) in [4.78, 5) is 23.1. The molecule has 0 bridgehead atoms. The second-order valence-corrected chi connectivity index (χ2v) is 4.44. The van der Waals surface area contributed by atoms with Crippen molar-refractivity contribution in [2.75, 3.05) is 18.1 Å². The number of hydrogen-bond donors (Lipinski definition) is 2. The summed E-state index contributed by atoms with van der Waals surface area (Å²) in [6.07, 6.45) is 1.65. The van der Waals surface area contributed by atoms with Crippen LogP contribution in [0.5, 0.6) is 0 Å². The molecule has 0 radical (unpaired) electrons. The molecule has 1 aromatic rings. The Kier molecular flexibility index (Phi) is 3.66. The summed E-state index contributed by atoms with van der Waals surface area (Å²) in [6, 6.07) is 3.66. The predicted octanol–water partition coefficient (Wildman–Crippen LogP) is 1.25. The van der Waals surface area contributed by atoms with E-state index in [4.69, 9.17) is 0 Å². The summed E-state index contributed by atoms with van der Waals surface area (Å²) in [5.41, 5.74) is 0.0742. The molecule has 0 spiro atoms. The van der Waals surface area contributed by atoms with Gasteiger partial charge < -0.3 is 15.1 Å². The van der Waals surface area contributed by atoms with Crippen molar-refractivity contribution in [3.63, 3.8) is 0 Å². The lowest BCUT2D eigenvalue weighted by Gasteiger charge is -2.26. The Labute approximate surface area is 109 Å². The van der Waals surface area contributed by atoms with Crippen LogP contribution in [0.4, 0.5) is 11.4 Å². The van der Waals surface area contributed by atoms with Gasteiger partial charge in [-0.1, -0.05) is 0 Å². The maximum Gasteiger partial charge on any atom is 0.338 e. The minimum atomic E-state index is -1.21. The lowest BCUT2D eigenvalue weighted by molar-refractivity contribution is -0.384. The maximum atomic E-state index is 11.2. The molecule has 2 N–H and O–H groups in total. The van der Waals surface area contributed by atoms with E-state index >= 15 is 0 Å². The Hall–Kier alpha value is -2.15. The molecular weight excluding hydrogens is 252 g/mol. The summed E-state index contributed by atoms with van der Waals surface area (Å²) in [7, 11) is 0. The van der Waals surface area contributed by atoms with E-state index in [1.165, 1.54) is 12.1 Å². The Morgan fingerprint density at radius 3 is 2.84 bits per heavy atom.